The van der Waals surface area contributed by atoms with Gasteiger partial charge in [-0.25, -0.2) is 0 Å². The van der Waals surface area contributed by atoms with Crippen LogP contribution in [0.3, 0.4) is 0 Å². The first kappa shape index (κ1) is 14.3. The second kappa shape index (κ2) is 6.26. The maximum absolute atomic E-state index is 11.3. The molecule has 0 radical (unpaired) electrons. The van der Waals surface area contributed by atoms with E-state index >= 15 is 0 Å². The van der Waals surface area contributed by atoms with Gasteiger partial charge in [-0.05, 0) is 37.1 Å². The van der Waals surface area contributed by atoms with Gasteiger partial charge in [0.15, 0.2) is 6.61 Å². The highest BCUT2D eigenvalue weighted by Gasteiger charge is 2.06. The minimum Gasteiger partial charge on any atom is -0.484 e. The summed E-state index contributed by atoms with van der Waals surface area (Å²) in [5.74, 6) is -0.218. The number of hydrazine groups is 1. The number of nitrogens with one attached hydrogen (secondary N) is 2. The van der Waals surface area contributed by atoms with E-state index in [1.807, 2.05) is 13.8 Å². The van der Waals surface area contributed by atoms with E-state index in [0.29, 0.717) is 10.8 Å². The molecule has 2 amide bonds. The zero-order chi connectivity index (χ0) is 13.7. The Kier molecular flexibility index (Phi) is 4.97. The Morgan fingerprint density at radius 1 is 1.22 bits per heavy atom. The number of amides is 2. The average molecular weight is 271 g/mol. The van der Waals surface area contributed by atoms with Crippen molar-refractivity contribution in [1.82, 2.24) is 10.9 Å². The van der Waals surface area contributed by atoms with Gasteiger partial charge in [0.05, 0.1) is 0 Å². The third-order valence-electron chi connectivity index (χ3n) is 2.16. The number of hydrogen-bond acceptors (Lipinski definition) is 3. The normalized spacial score (nSPS) is 9.78. The topological polar surface area (TPSA) is 67.4 Å². The molecule has 0 bridgehead atoms. The van der Waals surface area contributed by atoms with Crippen LogP contribution in [0.15, 0.2) is 12.1 Å². The van der Waals surface area contributed by atoms with Crippen LogP contribution in [0.1, 0.15) is 18.1 Å². The molecular weight excluding hydrogens is 256 g/mol. The Labute approximate surface area is 110 Å². The van der Waals surface area contributed by atoms with Crippen molar-refractivity contribution in [3.63, 3.8) is 0 Å². The monoisotopic (exact) mass is 270 g/mol. The van der Waals surface area contributed by atoms with Crippen LogP contribution in [0.2, 0.25) is 5.02 Å². The average Bonchev–Trinajstić information content (AvgIpc) is 2.30. The fourth-order valence-electron chi connectivity index (χ4n) is 1.33. The van der Waals surface area contributed by atoms with Crippen LogP contribution in [0, 0.1) is 13.8 Å². The van der Waals surface area contributed by atoms with Gasteiger partial charge in [-0.1, -0.05) is 11.6 Å². The third kappa shape index (κ3) is 4.25. The molecule has 0 saturated heterocycles. The lowest BCUT2D eigenvalue weighted by atomic mass is 10.1. The standard InChI is InChI=1S/C12H15ClN2O3/c1-7-4-10(5-8(2)12(7)13)18-6-11(17)15-14-9(3)16/h4-5H,6H2,1-3H3,(H,14,16)(H,15,17). The van der Waals surface area contributed by atoms with Crippen molar-refractivity contribution in [3.8, 4) is 5.75 Å². The molecule has 5 nitrogen and oxygen atoms in total. The molecule has 0 unspecified atom stereocenters. The van der Waals surface area contributed by atoms with Crippen LogP contribution in [0.25, 0.3) is 0 Å². The Bertz CT molecular complexity index is 451. The number of ether oxygens (including phenoxy) is 1. The summed E-state index contributed by atoms with van der Waals surface area (Å²) in [5.41, 5.74) is 6.14. The van der Waals surface area contributed by atoms with Gasteiger partial charge in [0.1, 0.15) is 5.75 Å². The zero-order valence-corrected chi connectivity index (χ0v) is 11.2. The first-order valence-electron chi connectivity index (χ1n) is 5.35. The molecule has 0 spiro atoms. The van der Waals surface area contributed by atoms with Crippen molar-refractivity contribution in [2.24, 2.45) is 0 Å². The molecule has 18 heavy (non-hydrogen) atoms. The number of carbonyl (C=O) groups excluding carboxylic acids is 2. The minimum absolute atomic E-state index is 0.180. The third-order valence-corrected chi connectivity index (χ3v) is 2.75. The van der Waals surface area contributed by atoms with Crippen molar-refractivity contribution in [2.45, 2.75) is 20.8 Å². The minimum atomic E-state index is -0.435. The van der Waals surface area contributed by atoms with Gasteiger partial charge in [-0.15, -0.1) is 0 Å². The van der Waals surface area contributed by atoms with Crippen molar-refractivity contribution in [3.05, 3.63) is 28.3 Å². The van der Waals surface area contributed by atoms with Gasteiger partial charge in [-0.2, -0.15) is 0 Å². The smallest absolute Gasteiger partial charge is 0.276 e. The van der Waals surface area contributed by atoms with E-state index in [1.54, 1.807) is 12.1 Å². The number of benzene rings is 1. The molecule has 98 valence electrons. The molecule has 0 aliphatic rings. The van der Waals surface area contributed by atoms with E-state index in [0.717, 1.165) is 11.1 Å². The Hall–Kier alpha value is -1.75. The molecule has 0 saturated carbocycles. The largest absolute Gasteiger partial charge is 0.484 e. The zero-order valence-electron chi connectivity index (χ0n) is 10.5. The predicted octanol–water partition coefficient (Wildman–Crippen LogP) is 1.50. The van der Waals surface area contributed by atoms with Gasteiger partial charge in [0.25, 0.3) is 5.91 Å². The van der Waals surface area contributed by atoms with Crippen molar-refractivity contribution in [2.75, 3.05) is 6.61 Å². The summed E-state index contributed by atoms with van der Waals surface area (Å²) in [6.07, 6.45) is 0. The Balaban J connectivity index is 2.53. The number of halogens is 1. The summed E-state index contributed by atoms with van der Waals surface area (Å²) in [5, 5.41) is 0.685. The van der Waals surface area contributed by atoms with Crippen molar-refractivity contribution in [1.29, 1.82) is 0 Å². The van der Waals surface area contributed by atoms with E-state index in [2.05, 4.69) is 10.9 Å². The first-order valence-corrected chi connectivity index (χ1v) is 5.73. The molecule has 1 rings (SSSR count). The highest BCUT2D eigenvalue weighted by molar-refractivity contribution is 6.32. The Morgan fingerprint density at radius 3 is 2.28 bits per heavy atom. The fourth-order valence-corrected chi connectivity index (χ4v) is 1.44. The highest BCUT2D eigenvalue weighted by Crippen LogP contribution is 2.25. The molecule has 0 fully saturated rings. The number of hydrogen-bond donors (Lipinski definition) is 2. The molecule has 1 aromatic carbocycles. The SMILES string of the molecule is CC(=O)NNC(=O)COc1cc(C)c(Cl)c(C)c1. The van der Waals surface area contributed by atoms with Crippen LogP contribution < -0.4 is 15.6 Å². The lowest BCUT2D eigenvalue weighted by molar-refractivity contribution is -0.129. The molecule has 1 aromatic rings. The van der Waals surface area contributed by atoms with Gasteiger partial charge < -0.3 is 4.74 Å². The van der Waals surface area contributed by atoms with Gasteiger partial charge in [0.2, 0.25) is 5.91 Å². The lowest BCUT2D eigenvalue weighted by Crippen LogP contribution is -2.42. The quantitative estimate of drug-likeness (QED) is 0.818. The number of aryl methyl sites for hydroxylation is 2. The number of carbonyl (C=O) groups is 2. The predicted molar refractivity (Wildman–Crippen MR) is 68.4 cm³/mol. The molecule has 0 atom stereocenters. The summed E-state index contributed by atoms with van der Waals surface area (Å²) in [6, 6.07) is 3.50. The second-order valence-corrected chi connectivity index (χ2v) is 4.27. The van der Waals surface area contributed by atoms with Gasteiger partial charge in [0, 0.05) is 11.9 Å². The van der Waals surface area contributed by atoms with Crippen LogP contribution in [-0.4, -0.2) is 18.4 Å². The molecule has 0 heterocycles. The second-order valence-electron chi connectivity index (χ2n) is 3.89. The highest BCUT2D eigenvalue weighted by atomic mass is 35.5. The van der Waals surface area contributed by atoms with Crippen LogP contribution in [0.5, 0.6) is 5.75 Å². The molecule has 0 aliphatic carbocycles. The lowest BCUT2D eigenvalue weighted by Gasteiger charge is -2.10. The van der Waals surface area contributed by atoms with E-state index in [4.69, 9.17) is 16.3 Å². The van der Waals surface area contributed by atoms with E-state index in [1.165, 1.54) is 6.92 Å². The Morgan fingerprint density at radius 2 is 1.78 bits per heavy atom. The first-order chi connectivity index (χ1) is 8.40. The summed E-state index contributed by atoms with van der Waals surface area (Å²) in [7, 11) is 0. The summed E-state index contributed by atoms with van der Waals surface area (Å²) in [4.78, 5) is 21.8. The van der Waals surface area contributed by atoms with E-state index in [9.17, 15) is 9.59 Å². The van der Waals surface area contributed by atoms with Gasteiger partial charge >= 0.3 is 0 Å². The van der Waals surface area contributed by atoms with Gasteiger partial charge in [-0.3, -0.25) is 20.4 Å². The van der Waals surface area contributed by atoms with E-state index < -0.39 is 5.91 Å². The number of rotatable bonds is 3. The van der Waals surface area contributed by atoms with Crippen LogP contribution in [0.4, 0.5) is 0 Å². The fraction of sp³-hybridized carbons (Fsp3) is 0.333. The maximum atomic E-state index is 11.3. The van der Waals surface area contributed by atoms with Crippen molar-refractivity contribution >= 4 is 23.4 Å². The van der Waals surface area contributed by atoms with Crippen LogP contribution >= 0.6 is 11.6 Å². The summed E-state index contributed by atoms with van der Waals surface area (Å²) >= 11 is 6.01. The molecular formula is C12H15ClN2O3. The summed E-state index contributed by atoms with van der Waals surface area (Å²) in [6.45, 7) is 4.84. The molecule has 2 N–H and O–H groups in total. The van der Waals surface area contributed by atoms with E-state index in [-0.39, 0.29) is 12.5 Å². The maximum Gasteiger partial charge on any atom is 0.276 e. The molecule has 0 aliphatic heterocycles. The molecule has 6 heteroatoms. The van der Waals surface area contributed by atoms with Crippen molar-refractivity contribution < 1.29 is 14.3 Å². The summed E-state index contributed by atoms with van der Waals surface area (Å²) < 4.78 is 5.29. The van der Waals surface area contributed by atoms with Crippen LogP contribution in [-0.2, 0) is 9.59 Å². The molecule has 0 aromatic heterocycles.